The Labute approximate surface area is 95.6 Å². The highest BCUT2D eigenvalue weighted by Crippen LogP contribution is 2.21. The predicted octanol–water partition coefficient (Wildman–Crippen LogP) is 0.549. The Hall–Kier alpha value is -1.20. The average Bonchev–Trinajstić information content (AvgIpc) is 2.75. The topological polar surface area (TPSA) is 64.3 Å². The number of rotatable bonds is 3. The standard InChI is InChI=1S/C11H18N4O/c1-8-10(3-4-16-8)15(2)11-13-6-9(5-12)7-14-11/h6-8,10H,3-5,12H2,1-2H3. The number of likely N-dealkylation sites (N-methyl/N-ethyl adjacent to an activating group) is 1. The van der Waals surface area contributed by atoms with Crippen molar-refractivity contribution in [3.63, 3.8) is 0 Å². The van der Waals surface area contributed by atoms with Crippen LogP contribution in [0.1, 0.15) is 18.9 Å². The molecule has 0 amide bonds. The van der Waals surface area contributed by atoms with Crippen molar-refractivity contribution in [1.29, 1.82) is 0 Å². The third-order valence-electron chi connectivity index (χ3n) is 3.08. The number of hydrogen-bond acceptors (Lipinski definition) is 5. The molecule has 1 aliphatic rings. The van der Waals surface area contributed by atoms with Crippen LogP contribution in [0.15, 0.2) is 12.4 Å². The zero-order valence-corrected chi connectivity index (χ0v) is 9.76. The maximum atomic E-state index is 5.54. The molecule has 2 atom stereocenters. The molecule has 0 radical (unpaired) electrons. The Bertz CT molecular complexity index is 340. The van der Waals surface area contributed by atoms with Gasteiger partial charge >= 0.3 is 0 Å². The molecule has 0 bridgehead atoms. The van der Waals surface area contributed by atoms with Gasteiger partial charge in [-0.05, 0) is 13.3 Å². The van der Waals surface area contributed by atoms with E-state index < -0.39 is 0 Å². The van der Waals surface area contributed by atoms with Gasteiger partial charge in [-0.1, -0.05) is 0 Å². The minimum absolute atomic E-state index is 0.239. The number of nitrogens with zero attached hydrogens (tertiary/aromatic N) is 3. The zero-order chi connectivity index (χ0) is 11.5. The first-order valence-corrected chi connectivity index (χ1v) is 5.58. The molecule has 2 unspecified atom stereocenters. The predicted molar refractivity (Wildman–Crippen MR) is 62.1 cm³/mol. The van der Waals surface area contributed by atoms with E-state index in [1.54, 1.807) is 12.4 Å². The Morgan fingerprint density at radius 2 is 2.19 bits per heavy atom. The molecule has 0 aromatic carbocycles. The summed E-state index contributed by atoms with van der Waals surface area (Å²) in [7, 11) is 2.01. The number of hydrogen-bond donors (Lipinski definition) is 1. The average molecular weight is 222 g/mol. The van der Waals surface area contributed by atoms with Gasteiger partial charge in [-0.25, -0.2) is 9.97 Å². The third kappa shape index (κ3) is 2.15. The molecule has 1 fully saturated rings. The van der Waals surface area contributed by atoms with Gasteiger partial charge in [0, 0.05) is 38.2 Å². The summed E-state index contributed by atoms with van der Waals surface area (Å²) in [6.07, 6.45) is 4.82. The fourth-order valence-corrected chi connectivity index (χ4v) is 2.01. The van der Waals surface area contributed by atoms with Crippen LogP contribution in [-0.2, 0) is 11.3 Å². The van der Waals surface area contributed by atoms with E-state index in [0.717, 1.165) is 24.5 Å². The van der Waals surface area contributed by atoms with Crippen LogP contribution in [0.2, 0.25) is 0 Å². The lowest BCUT2D eigenvalue weighted by Crippen LogP contribution is -2.37. The lowest BCUT2D eigenvalue weighted by Gasteiger charge is -2.26. The molecule has 0 aliphatic carbocycles. The summed E-state index contributed by atoms with van der Waals surface area (Å²) < 4.78 is 5.54. The van der Waals surface area contributed by atoms with Gasteiger partial charge in [-0.2, -0.15) is 0 Å². The van der Waals surface area contributed by atoms with E-state index in [1.807, 2.05) is 7.05 Å². The first-order valence-electron chi connectivity index (χ1n) is 5.58. The normalized spacial score (nSPS) is 24.7. The summed E-state index contributed by atoms with van der Waals surface area (Å²) in [5, 5.41) is 0. The molecular weight excluding hydrogens is 204 g/mol. The van der Waals surface area contributed by atoms with Crippen LogP contribution in [0.25, 0.3) is 0 Å². The van der Waals surface area contributed by atoms with Crippen molar-refractivity contribution in [3.05, 3.63) is 18.0 Å². The quantitative estimate of drug-likeness (QED) is 0.809. The Balaban J connectivity index is 2.10. The van der Waals surface area contributed by atoms with Crippen LogP contribution < -0.4 is 10.6 Å². The Morgan fingerprint density at radius 1 is 1.50 bits per heavy atom. The van der Waals surface area contributed by atoms with E-state index in [9.17, 15) is 0 Å². The smallest absolute Gasteiger partial charge is 0.225 e. The van der Waals surface area contributed by atoms with Crippen molar-refractivity contribution in [1.82, 2.24) is 9.97 Å². The number of ether oxygens (including phenoxy) is 1. The molecule has 5 heteroatoms. The second kappa shape index (κ2) is 4.76. The molecule has 88 valence electrons. The van der Waals surface area contributed by atoms with E-state index >= 15 is 0 Å². The molecule has 2 heterocycles. The van der Waals surface area contributed by atoms with Gasteiger partial charge in [0.25, 0.3) is 0 Å². The summed E-state index contributed by atoms with van der Waals surface area (Å²) in [4.78, 5) is 10.7. The van der Waals surface area contributed by atoms with E-state index in [-0.39, 0.29) is 6.10 Å². The largest absolute Gasteiger partial charge is 0.376 e. The molecule has 1 aliphatic heterocycles. The first-order chi connectivity index (χ1) is 7.72. The van der Waals surface area contributed by atoms with Gasteiger partial charge in [-0.15, -0.1) is 0 Å². The van der Waals surface area contributed by atoms with Crippen LogP contribution >= 0.6 is 0 Å². The summed E-state index contributed by atoms with van der Waals surface area (Å²) in [5.74, 6) is 0.736. The third-order valence-corrected chi connectivity index (χ3v) is 3.08. The summed E-state index contributed by atoms with van der Waals surface area (Å²) in [6.45, 7) is 3.38. The highest BCUT2D eigenvalue weighted by Gasteiger charge is 2.29. The van der Waals surface area contributed by atoms with Crippen LogP contribution in [0.5, 0.6) is 0 Å². The fourth-order valence-electron chi connectivity index (χ4n) is 2.01. The fraction of sp³-hybridized carbons (Fsp3) is 0.636. The summed E-state index contributed by atoms with van der Waals surface area (Å²) >= 11 is 0. The van der Waals surface area contributed by atoms with E-state index in [2.05, 4.69) is 21.8 Å². The Kier molecular flexibility index (Phi) is 3.36. The maximum Gasteiger partial charge on any atom is 0.225 e. The molecule has 0 saturated carbocycles. The van der Waals surface area contributed by atoms with E-state index in [1.165, 1.54) is 0 Å². The second-order valence-electron chi connectivity index (χ2n) is 4.14. The molecule has 1 saturated heterocycles. The SMILES string of the molecule is CC1OCCC1N(C)c1ncc(CN)cn1. The monoisotopic (exact) mass is 222 g/mol. The lowest BCUT2D eigenvalue weighted by molar-refractivity contribution is 0.118. The minimum atomic E-state index is 0.239. The zero-order valence-electron chi connectivity index (χ0n) is 9.76. The van der Waals surface area contributed by atoms with Crippen molar-refractivity contribution in [3.8, 4) is 0 Å². The highest BCUT2D eigenvalue weighted by atomic mass is 16.5. The van der Waals surface area contributed by atoms with Crippen LogP contribution in [0.4, 0.5) is 5.95 Å². The van der Waals surface area contributed by atoms with Crippen LogP contribution in [-0.4, -0.2) is 35.8 Å². The molecule has 0 spiro atoms. The van der Waals surface area contributed by atoms with Crippen molar-refractivity contribution in [2.24, 2.45) is 5.73 Å². The summed E-state index contributed by atoms with van der Waals surface area (Å²) in [5.41, 5.74) is 6.46. The lowest BCUT2D eigenvalue weighted by atomic mass is 10.1. The minimum Gasteiger partial charge on any atom is -0.376 e. The molecule has 5 nitrogen and oxygen atoms in total. The van der Waals surface area contributed by atoms with Crippen LogP contribution in [0.3, 0.4) is 0 Å². The molecule has 2 N–H and O–H groups in total. The van der Waals surface area contributed by atoms with Gasteiger partial charge in [0.1, 0.15) is 0 Å². The van der Waals surface area contributed by atoms with Crippen molar-refractivity contribution < 1.29 is 4.74 Å². The summed E-state index contributed by atoms with van der Waals surface area (Å²) in [6, 6.07) is 0.365. The van der Waals surface area contributed by atoms with E-state index in [0.29, 0.717) is 12.6 Å². The number of nitrogens with two attached hydrogens (primary N) is 1. The number of anilines is 1. The Morgan fingerprint density at radius 3 is 2.69 bits per heavy atom. The van der Waals surface area contributed by atoms with Crippen molar-refractivity contribution in [2.45, 2.75) is 32.0 Å². The van der Waals surface area contributed by atoms with Gasteiger partial charge < -0.3 is 15.4 Å². The van der Waals surface area contributed by atoms with Gasteiger partial charge in [-0.3, -0.25) is 0 Å². The molecule has 1 aromatic rings. The number of aromatic nitrogens is 2. The molecule has 16 heavy (non-hydrogen) atoms. The van der Waals surface area contributed by atoms with Crippen LogP contribution in [0, 0.1) is 0 Å². The van der Waals surface area contributed by atoms with E-state index in [4.69, 9.17) is 10.5 Å². The second-order valence-corrected chi connectivity index (χ2v) is 4.14. The molecular formula is C11H18N4O. The van der Waals surface area contributed by atoms with Crippen molar-refractivity contribution in [2.75, 3.05) is 18.6 Å². The molecule has 2 rings (SSSR count). The van der Waals surface area contributed by atoms with Gasteiger partial charge in [0.15, 0.2) is 0 Å². The molecule has 1 aromatic heterocycles. The van der Waals surface area contributed by atoms with Gasteiger partial charge in [0.2, 0.25) is 5.95 Å². The maximum absolute atomic E-state index is 5.54. The van der Waals surface area contributed by atoms with Crippen molar-refractivity contribution >= 4 is 5.95 Å². The first kappa shape index (κ1) is 11.3. The van der Waals surface area contributed by atoms with Gasteiger partial charge in [0.05, 0.1) is 12.1 Å². The highest BCUT2D eigenvalue weighted by molar-refractivity contribution is 5.31.